The van der Waals surface area contributed by atoms with E-state index in [0.717, 1.165) is 5.92 Å². The monoisotopic (exact) mass is 346 g/mol. The van der Waals surface area contributed by atoms with Gasteiger partial charge >= 0.3 is 0 Å². The van der Waals surface area contributed by atoms with E-state index in [1.807, 2.05) is 0 Å². The third kappa shape index (κ3) is 4.95. The fourth-order valence-electron chi connectivity index (χ4n) is 3.98. The van der Waals surface area contributed by atoms with Crippen LogP contribution in [-0.2, 0) is 11.3 Å². The fraction of sp³-hybridized carbons (Fsp3) is 0.360. The maximum Gasteiger partial charge on any atom is 0.0721 e. The van der Waals surface area contributed by atoms with Crippen LogP contribution in [0.3, 0.4) is 0 Å². The molecule has 0 heterocycles. The van der Waals surface area contributed by atoms with Crippen LogP contribution in [0.5, 0.6) is 0 Å². The molecule has 0 atom stereocenters. The van der Waals surface area contributed by atoms with Crippen LogP contribution in [0, 0.1) is 0 Å². The standard InChI is InChI=1S/C25H30O/c1-3-5-20-6-10-22(11-7-20)24-14-16-25(17-15-24)23-12-8-21(9-13-23)19-26-18-4-2/h3-13,24-25H,2,14-19H2,1H3. The Balaban J connectivity index is 1.53. The largest absolute Gasteiger partial charge is 0.373 e. The minimum atomic E-state index is 0.613. The van der Waals surface area contributed by atoms with Crippen molar-refractivity contribution in [2.24, 2.45) is 0 Å². The molecule has 0 saturated heterocycles. The van der Waals surface area contributed by atoms with Gasteiger partial charge < -0.3 is 4.74 Å². The second kappa shape index (κ2) is 9.54. The summed E-state index contributed by atoms with van der Waals surface area (Å²) in [5, 5.41) is 0. The topological polar surface area (TPSA) is 9.23 Å². The van der Waals surface area contributed by atoms with Gasteiger partial charge in [0.25, 0.3) is 0 Å². The Morgan fingerprint density at radius 1 is 0.885 bits per heavy atom. The molecule has 0 N–H and O–H groups in total. The molecule has 0 aliphatic heterocycles. The van der Waals surface area contributed by atoms with E-state index in [9.17, 15) is 0 Å². The lowest BCUT2D eigenvalue weighted by Gasteiger charge is -2.29. The number of hydrogen-bond acceptors (Lipinski definition) is 1. The highest BCUT2D eigenvalue weighted by Gasteiger charge is 2.23. The Labute approximate surface area is 158 Å². The summed E-state index contributed by atoms with van der Waals surface area (Å²) < 4.78 is 5.52. The first-order chi connectivity index (χ1) is 12.8. The Hall–Kier alpha value is -2.12. The Bertz CT molecular complexity index is 701. The van der Waals surface area contributed by atoms with Gasteiger partial charge in [0, 0.05) is 0 Å². The third-order valence-corrected chi connectivity index (χ3v) is 5.45. The van der Waals surface area contributed by atoms with Gasteiger partial charge in [-0.3, -0.25) is 0 Å². The molecular weight excluding hydrogens is 316 g/mol. The van der Waals surface area contributed by atoms with Crippen LogP contribution in [0.25, 0.3) is 6.08 Å². The van der Waals surface area contributed by atoms with E-state index >= 15 is 0 Å². The maximum absolute atomic E-state index is 5.52. The molecule has 0 unspecified atom stereocenters. The van der Waals surface area contributed by atoms with E-state index in [4.69, 9.17) is 4.74 Å². The summed E-state index contributed by atoms with van der Waals surface area (Å²) in [6, 6.07) is 18.1. The molecule has 2 aromatic carbocycles. The highest BCUT2D eigenvalue weighted by Crippen LogP contribution is 2.40. The van der Waals surface area contributed by atoms with Crippen LogP contribution in [-0.4, -0.2) is 6.61 Å². The van der Waals surface area contributed by atoms with Crippen LogP contribution in [0.1, 0.15) is 66.7 Å². The number of hydrogen-bond donors (Lipinski definition) is 0. The van der Waals surface area contributed by atoms with E-state index in [0.29, 0.717) is 19.1 Å². The summed E-state index contributed by atoms with van der Waals surface area (Å²) in [6.45, 7) is 7.03. The van der Waals surface area contributed by atoms with E-state index in [1.54, 1.807) is 6.08 Å². The molecular formula is C25H30O. The van der Waals surface area contributed by atoms with Crippen molar-refractivity contribution in [2.45, 2.75) is 51.0 Å². The van der Waals surface area contributed by atoms with Gasteiger partial charge in [0.2, 0.25) is 0 Å². The minimum Gasteiger partial charge on any atom is -0.373 e. The summed E-state index contributed by atoms with van der Waals surface area (Å²) in [5.74, 6) is 1.43. The fourth-order valence-corrected chi connectivity index (χ4v) is 3.98. The van der Waals surface area contributed by atoms with Crippen molar-refractivity contribution in [2.75, 3.05) is 6.61 Å². The first-order valence-corrected chi connectivity index (χ1v) is 9.80. The van der Waals surface area contributed by atoms with Crippen molar-refractivity contribution in [1.82, 2.24) is 0 Å². The van der Waals surface area contributed by atoms with Crippen molar-refractivity contribution in [1.29, 1.82) is 0 Å². The highest BCUT2D eigenvalue weighted by atomic mass is 16.5. The molecule has 2 aromatic rings. The summed E-state index contributed by atoms with van der Waals surface area (Å²) in [6.07, 6.45) is 11.2. The van der Waals surface area contributed by atoms with Gasteiger partial charge in [-0.2, -0.15) is 0 Å². The molecule has 1 aliphatic rings. The summed E-state index contributed by atoms with van der Waals surface area (Å²) >= 11 is 0. The van der Waals surface area contributed by atoms with Gasteiger partial charge in [0.1, 0.15) is 0 Å². The second-order valence-electron chi connectivity index (χ2n) is 7.26. The lowest BCUT2D eigenvalue weighted by molar-refractivity contribution is 0.149. The second-order valence-corrected chi connectivity index (χ2v) is 7.26. The van der Waals surface area contributed by atoms with E-state index < -0.39 is 0 Å². The molecule has 1 saturated carbocycles. The SMILES string of the molecule is C=CCOCc1ccc(C2CCC(c3ccc(C=CC)cc3)CC2)cc1. The predicted molar refractivity (Wildman–Crippen MR) is 111 cm³/mol. The molecule has 26 heavy (non-hydrogen) atoms. The van der Waals surface area contributed by atoms with Crippen LogP contribution in [0.2, 0.25) is 0 Å². The van der Waals surface area contributed by atoms with Crippen LogP contribution >= 0.6 is 0 Å². The normalized spacial score (nSPS) is 20.3. The van der Waals surface area contributed by atoms with Gasteiger partial charge in [0.15, 0.2) is 0 Å². The Kier molecular flexibility index (Phi) is 6.85. The van der Waals surface area contributed by atoms with Crippen molar-refractivity contribution < 1.29 is 4.74 Å². The maximum atomic E-state index is 5.52. The first-order valence-electron chi connectivity index (χ1n) is 9.80. The van der Waals surface area contributed by atoms with Gasteiger partial charge in [-0.1, -0.05) is 66.8 Å². The van der Waals surface area contributed by atoms with E-state index in [-0.39, 0.29) is 0 Å². The summed E-state index contributed by atoms with van der Waals surface area (Å²) in [5.41, 5.74) is 5.53. The zero-order chi connectivity index (χ0) is 18.2. The molecule has 0 spiro atoms. The van der Waals surface area contributed by atoms with E-state index in [1.165, 1.54) is 47.9 Å². The Morgan fingerprint density at radius 2 is 1.42 bits per heavy atom. The molecule has 0 aromatic heterocycles. The Morgan fingerprint density at radius 3 is 1.92 bits per heavy atom. The van der Waals surface area contributed by atoms with Gasteiger partial charge in [-0.25, -0.2) is 0 Å². The van der Waals surface area contributed by atoms with E-state index in [2.05, 4.69) is 74.2 Å². The van der Waals surface area contributed by atoms with Crippen LogP contribution < -0.4 is 0 Å². The molecule has 1 nitrogen and oxygen atoms in total. The van der Waals surface area contributed by atoms with Crippen molar-refractivity contribution in [3.05, 3.63) is 89.5 Å². The number of benzene rings is 2. The van der Waals surface area contributed by atoms with Gasteiger partial charge in [-0.05, 0) is 66.7 Å². The predicted octanol–water partition coefficient (Wildman–Crippen LogP) is 6.86. The average Bonchev–Trinajstić information content (AvgIpc) is 2.70. The molecule has 0 radical (unpaired) electrons. The molecule has 136 valence electrons. The van der Waals surface area contributed by atoms with Crippen molar-refractivity contribution >= 4 is 6.08 Å². The van der Waals surface area contributed by atoms with Crippen LogP contribution in [0.15, 0.2) is 67.3 Å². The van der Waals surface area contributed by atoms with Crippen molar-refractivity contribution in [3.8, 4) is 0 Å². The molecule has 0 bridgehead atoms. The quantitative estimate of drug-likeness (QED) is 0.393. The lowest BCUT2D eigenvalue weighted by Crippen LogP contribution is -2.12. The van der Waals surface area contributed by atoms with Crippen molar-refractivity contribution in [3.63, 3.8) is 0 Å². The van der Waals surface area contributed by atoms with Gasteiger partial charge in [0.05, 0.1) is 13.2 Å². The molecule has 3 rings (SSSR count). The average molecular weight is 347 g/mol. The minimum absolute atomic E-state index is 0.613. The van der Waals surface area contributed by atoms with Gasteiger partial charge in [-0.15, -0.1) is 6.58 Å². The molecule has 1 fully saturated rings. The molecule has 1 aliphatic carbocycles. The highest BCUT2D eigenvalue weighted by molar-refractivity contribution is 5.49. The third-order valence-electron chi connectivity index (χ3n) is 5.45. The number of ether oxygens (including phenoxy) is 1. The lowest BCUT2D eigenvalue weighted by atomic mass is 9.76. The summed E-state index contributed by atoms with van der Waals surface area (Å²) in [4.78, 5) is 0. The first kappa shape index (κ1) is 18.7. The number of allylic oxidation sites excluding steroid dienone is 1. The summed E-state index contributed by atoms with van der Waals surface area (Å²) in [7, 11) is 0. The smallest absolute Gasteiger partial charge is 0.0721 e. The molecule has 0 amide bonds. The molecule has 1 heteroatoms. The zero-order valence-corrected chi connectivity index (χ0v) is 15.9. The van der Waals surface area contributed by atoms with Crippen LogP contribution in [0.4, 0.5) is 0 Å². The number of rotatable bonds is 7. The zero-order valence-electron chi connectivity index (χ0n) is 15.9.